The quantitative estimate of drug-likeness (QED) is 0.177. The second-order valence-corrected chi connectivity index (χ2v) is 6.23. The number of aliphatic carboxylic acids is 3. The largest absolute Gasteiger partial charge is 0.481 e. The standard InChI is InChI=1S/C10H18O4.C8H14O5/c11-9(12)7-5-3-1-2-4-6-8-10(13)14;9-4-3-8(5-10,6-11)2-1-7(12)13/h1-8H2,(H,11,12)(H,13,14);1-2,9-11H,3-6H2,(H,12,13). The molecule has 9 nitrogen and oxygen atoms in total. The second-order valence-electron chi connectivity index (χ2n) is 6.23. The highest BCUT2D eigenvalue weighted by Gasteiger charge is 2.25. The fourth-order valence-electron chi connectivity index (χ4n) is 2.13. The van der Waals surface area contributed by atoms with E-state index in [1.54, 1.807) is 0 Å². The molecule has 0 amide bonds. The summed E-state index contributed by atoms with van der Waals surface area (Å²) in [5.41, 5.74) is -1.03. The summed E-state index contributed by atoms with van der Waals surface area (Å²) < 4.78 is 0. The van der Waals surface area contributed by atoms with Gasteiger partial charge in [-0.15, -0.1) is 0 Å². The highest BCUT2D eigenvalue weighted by molar-refractivity contribution is 5.79. The molecule has 0 aromatic carbocycles. The van der Waals surface area contributed by atoms with Crippen LogP contribution in [0.5, 0.6) is 0 Å². The van der Waals surface area contributed by atoms with Crippen molar-refractivity contribution >= 4 is 17.9 Å². The number of aliphatic hydroxyl groups is 3. The van der Waals surface area contributed by atoms with Gasteiger partial charge in [-0.05, 0) is 19.3 Å². The van der Waals surface area contributed by atoms with E-state index in [-0.39, 0.29) is 25.9 Å². The third-order valence-corrected chi connectivity index (χ3v) is 3.85. The molecule has 0 rings (SSSR count). The molecule has 0 aliphatic carbocycles. The minimum atomic E-state index is -1.15. The van der Waals surface area contributed by atoms with Crippen molar-refractivity contribution in [2.75, 3.05) is 19.8 Å². The third-order valence-electron chi connectivity index (χ3n) is 3.85. The molecule has 0 spiro atoms. The first-order chi connectivity index (χ1) is 12.7. The van der Waals surface area contributed by atoms with Crippen LogP contribution in [0.2, 0.25) is 0 Å². The minimum absolute atomic E-state index is 0.129. The van der Waals surface area contributed by atoms with E-state index >= 15 is 0 Å². The summed E-state index contributed by atoms with van der Waals surface area (Å²) in [7, 11) is 0. The van der Waals surface area contributed by atoms with E-state index in [0.717, 1.165) is 44.6 Å². The highest BCUT2D eigenvalue weighted by atomic mass is 16.4. The molecule has 0 bridgehead atoms. The summed E-state index contributed by atoms with van der Waals surface area (Å²) in [6.45, 7) is -1.01. The predicted octanol–water partition coefficient (Wildman–Crippen LogP) is 1.26. The fraction of sp³-hybridized carbons (Fsp3) is 0.722. The van der Waals surface area contributed by atoms with Gasteiger partial charge in [0.1, 0.15) is 0 Å². The first kappa shape index (κ1) is 27.3. The molecule has 6 N–H and O–H groups in total. The molecule has 0 aromatic heterocycles. The Hall–Kier alpha value is -1.97. The molecule has 27 heavy (non-hydrogen) atoms. The number of unbranched alkanes of at least 4 members (excludes halogenated alkanes) is 5. The average molecular weight is 392 g/mol. The van der Waals surface area contributed by atoms with Gasteiger partial charge in [0.15, 0.2) is 0 Å². The van der Waals surface area contributed by atoms with Crippen LogP contribution in [0.1, 0.15) is 57.8 Å². The molecule has 0 radical (unpaired) electrons. The van der Waals surface area contributed by atoms with E-state index in [4.69, 9.17) is 30.6 Å². The van der Waals surface area contributed by atoms with Crippen LogP contribution in [-0.2, 0) is 14.4 Å². The molecule has 0 aromatic rings. The number of carboxylic acid groups (broad SMARTS) is 3. The van der Waals surface area contributed by atoms with Crippen molar-refractivity contribution in [3.8, 4) is 0 Å². The number of rotatable bonds is 15. The lowest BCUT2D eigenvalue weighted by Gasteiger charge is -2.24. The van der Waals surface area contributed by atoms with Gasteiger partial charge in [0.2, 0.25) is 0 Å². The molecule has 0 aliphatic rings. The van der Waals surface area contributed by atoms with Crippen molar-refractivity contribution in [1.82, 2.24) is 0 Å². The summed E-state index contributed by atoms with van der Waals surface area (Å²) >= 11 is 0. The summed E-state index contributed by atoms with van der Waals surface area (Å²) in [4.78, 5) is 30.5. The van der Waals surface area contributed by atoms with Gasteiger partial charge in [-0.1, -0.05) is 31.8 Å². The van der Waals surface area contributed by atoms with Crippen LogP contribution in [0.4, 0.5) is 0 Å². The van der Waals surface area contributed by atoms with Crippen LogP contribution in [0.15, 0.2) is 12.2 Å². The van der Waals surface area contributed by atoms with Crippen LogP contribution in [-0.4, -0.2) is 68.4 Å². The van der Waals surface area contributed by atoms with Crippen LogP contribution in [0.3, 0.4) is 0 Å². The Morgan fingerprint density at radius 2 is 1.11 bits per heavy atom. The molecule has 0 aliphatic heterocycles. The van der Waals surface area contributed by atoms with E-state index in [1.165, 1.54) is 6.08 Å². The Balaban J connectivity index is 0. The first-order valence-electron chi connectivity index (χ1n) is 8.91. The third kappa shape index (κ3) is 18.6. The molecular weight excluding hydrogens is 360 g/mol. The number of carbonyl (C=O) groups is 3. The SMILES string of the molecule is O=C(O)C=CC(CO)(CO)CCO.O=C(O)CCCCCCCCC(=O)O. The van der Waals surface area contributed by atoms with Crippen molar-refractivity contribution < 1.29 is 45.0 Å². The zero-order chi connectivity index (χ0) is 21.1. The lowest BCUT2D eigenvalue weighted by molar-refractivity contribution is -0.138. The van der Waals surface area contributed by atoms with Gasteiger partial charge in [-0.3, -0.25) is 9.59 Å². The zero-order valence-electron chi connectivity index (χ0n) is 15.5. The number of aliphatic hydroxyl groups excluding tert-OH is 3. The molecule has 158 valence electrons. The zero-order valence-corrected chi connectivity index (χ0v) is 15.5. The molecule has 0 atom stereocenters. The van der Waals surface area contributed by atoms with Gasteiger partial charge in [-0.25, -0.2) is 4.79 Å². The van der Waals surface area contributed by atoms with Gasteiger partial charge < -0.3 is 30.6 Å². The van der Waals surface area contributed by atoms with Crippen LogP contribution in [0.25, 0.3) is 0 Å². The Kier molecular flexibility index (Phi) is 17.6. The van der Waals surface area contributed by atoms with E-state index in [0.29, 0.717) is 0 Å². The van der Waals surface area contributed by atoms with E-state index in [2.05, 4.69) is 0 Å². The topological polar surface area (TPSA) is 173 Å². The maximum absolute atomic E-state index is 10.2. The molecule has 0 saturated heterocycles. The average Bonchev–Trinajstić information content (AvgIpc) is 2.61. The first-order valence-corrected chi connectivity index (χ1v) is 8.91. The maximum atomic E-state index is 10.2. The highest BCUT2D eigenvalue weighted by Crippen LogP contribution is 2.22. The van der Waals surface area contributed by atoms with Crippen LogP contribution in [0, 0.1) is 5.41 Å². The molecule has 0 heterocycles. The number of hydrogen-bond donors (Lipinski definition) is 6. The maximum Gasteiger partial charge on any atom is 0.327 e. The summed E-state index contributed by atoms with van der Waals surface area (Å²) in [6.07, 6.45) is 8.00. The number of carboxylic acids is 3. The second kappa shape index (κ2) is 17.4. The molecule has 0 saturated carbocycles. The van der Waals surface area contributed by atoms with Crippen molar-refractivity contribution in [1.29, 1.82) is 0 Å². The molecule has 0 fully saturated rings. The normalized spacial score (nSPS) is 11.1. The van der Waals surface area contributed by atoms with Gasteiger partial charge in [-0.2, -0.15) is 0 Å². The van der Waals surface area contributed by atoms with E-state index in [1.807, 2.05) is 0 Å². The lowest BCUT2D eigenvalue weighted by atomic mass is 9.86. The van der Waals surface area contributed by atoms with E-state index in [9.17, 15) is 14.4 Å². The fourth-order valence-corrected chi connectivity index (χ4v) is 2.13. The van der Waals surface area contributed by atoms with E-state index < -0.39 is 36.5 Å². The van der Waals surface area contributed by atoms with Crippen molar-refractivity contribution in [3.63, 3.8) is 0 Å². The van der Waals surface area contributed by atoms with Crippen molar-refractivity contribution in [2.45, 2.75) is 57.8 Å². The van der Waals surface area contributed by atoms with Gasteiger partial charge in [0.05, 0.1) is 13.2 Å². The van der Waals surface area contributed by atoms with Crippen molar-refractivity contribution in [3.05, 3.63) is 12.2 Å². The summed E-state index contributed by atoms with van der Waals surface area (Å²) in [5.74, 6) is -2.63. The molecule has 9 heteroatoms. The molecule has 0 unspecified atom stereocenters. The van der Waals surface area contributed by atoms with Gasteiger partial charge in [0.25, 0.3) is 0 Å². The van der Waals surface area contributed by atoms with Gasteiger partial charge >= 0.3 is 17.9 Å². The van der Waals surface area contributed by atoms with Crippen molar-refractivity contribution in [2.24, 2.45) is 5.41 Å². The van der Waals surface area contributed by atoms with Gasteiger partial charge in [0, 0.05) is 30.9 Å². The Morgan fingerprint density at radius 1 is 0.704 bits per heavy atom. The van der Waals surface area contributed by atoms with Crippen LogP contribution >= 0.6 is 0 Å². The Labute approximate surface area is 159 Å². The minimum Gasteiger partial charge on any atom is -0.481 e. The predicted molar refractivity (Wildman–Crippen MR) is 97.3 cm³/mol. The summed E-state index contributed by atoms with van der Waals surface area (Å²) in [6, 6.07) is 0. The lowest BCUT2D eigenvalue weighted by Crippen LogP contribution is -2.29. The Morgan fingerprint density at radius 3 is 1.41 bits per heavy atom. The summed E-state index contributed by atoms with van der Waals surface area (Å²) in [5, 5.41) is 51.5. The Bertz CT molecular complexity index is 422. The monoisotopic (exact) mass is 392 g/mol. The molecular formula is C18H32O9. The smallest absolute Gasteiger partial charge is 0.327 e. The van der Waals surface area contributed by atoms with Crippen LogP contribution < -0.4 is 0 Å². The number of hydrogen-bond acceptors (Lipinski definition) is 6.